The molecule has 1 aromatic carbocycles. The van der Waals surface area contributed by atoms with Crippen molar-refractivity contribution in [3.8, 4) is 11.8 Å². The number of unbranched alkanes of at least 4 members (excludes halogenated alkanes) is 4. The van der Waals surface area contributed by atoms with Crippen LogP contribution in [0.15, 0.2) is 24.3 Å². The summed E-state index contributed by atoms with van der Waals surface area (Å²) in [6.45, 7) is 4.51. The van der Waals surface area contributed by atoms with E-state index in [2.05, 4.69) is 32.0 Å². The molecule has 0 radical (unpaired) electrons. The van der Waals surface area contributed by atoms with Crippen LogP contribution < -0.4 is 4.74 Å². The minimum Gasteiger partial charge on any atom is -0.426 e. The molecule has 0 bridgehead atoms. The Balaban J connectivity index is 1.43. The van der Waals surface area contributed by atoms with Gasteiger partial charge in [-0.3, -0.25) is 4.79 Å². The highest BCUT2D eigenvalue weighted by Crippen LogP contribution is 2.43. The van der Waals surface area contributed by atoms with Gasteiger partial charge in [-0.1, -0.05) is 70.9 Å². The molecule has 1 aromatic rings. The van der Waals surface area contributed by atoms with Crippen LogP contribution in [0, 0.1) is 28.6 Å². The summed E-state index contributed by atoms with van der Waals surface area (Å²) in [5, 5.41) is 9.81. The van der Waals surface area contributed by atoms with Gasteiger partial charge in [0.05, 0.1) is 17.4 Å². The standard InChI is InChI=1S/C30H45NO2/c1-3-5-6-7-8-20-30(23-31)21-18-27(19-22-30)29(32)33-28-16-14-26(15-17-28)25-12-10-24(9-4-2)11-13-25/h14-17,24-25,27H,3-13,18-22H2,1-2H3. The van der Waals surface area contributed by atoms with Crippen LogP contribution in [0.2, 0.25) is 0 Å². The Kier molecular flexibility index (Phi) is 10.3. The smallest absolute Gasteiger partial charge is 0.314 e. The van der Waals surface area contributed by atoms with E-state index in [1.165, 1.54) is 69.8 Å². The molecule has 0 heterocycles. The Labute approximate surface area is 202 Å². The molecule has 2 aliphatic rings. The number of ether oxygens (including phenoxy) is 1. The van der Waals surface area contributed by atoms with Gasteiger partial charge in [0, 0.05) is 0 Å². The topological polar surface area (TPSA) is 50.1 Å². The second kappa shape index (κ2) is 13.2. The van der Waals surface area contributed by atoms with Crippen LogP contribution in [0.3, 0.4) is 0 Å². The normalized spacial score (nSPS) is 27.6. The molecule has 0 atom stereocenters. The lowest BCUT2D eigenvalue weighted by Gasteiger charge is -2.34. The number of carbonyl (C=O) groups is 1. The molecule has 2 aliphatic carbocycles. The van der Waals surface area contributed by atoms with E-state index in [-0.39, 0.29) is 17.3 Å². The predicted octanol–water partition coefficient (Wildman–Crippen LogP) is 8.73. The maximum Gasteiger partial charge on any atom is 0.314 e. The van der Waals surface area contributed by atoms with Gasteiger partial charge < -0.3 is 4.74 Å². The van der Waals surface area contributed by atoms with Gasteiger partial charge in [0.25, 0.3) is 0 Å². The van der Waals surface area contributed by atoms with E-state index in [0.717, 1.165) is 44.4 Å². The maximum atomic E-state index is 12.8. The number of nitrogens with zero attached hydrogens (tertiary/aromatic N) is 1. The summed E-state index contributed by atoms with van der Waals surface area (Å²) in [5.74, 6) is 2.05. The van der Waals surface area contributed by atoms with Crippen molar-refractivity contribution < 1.29 is 9.53 Å². The summed E-state index contributed by atoms with van der Waals surface area (Å²) in [5.41, 5.74) is 1.17. The summed E-state index contributed by atoms with van der Waals surface area (Å²) in [6.07, 6.45) is 18.3. The lowest BCUT2D eigenvalue weighted by molar-refractivity contribution is -0.140. The first-order valence-electron chi connectivity index (χ1n) is 13.8. The second-order valence-corrected chi connectivity index (χ2v) is 10.8. The number of hydrogen-bond acceptors (Lipinski definition) is 3. The van der Waals surface area contributed by atoms with Gasteiger partial charge in [0.1, 0.15) is 5.75 Å². The lowest BCUT2D eigenvalue weighted by atomic mass is 9.69. The molecular weight excluding hydrogens is 406 g/mol. The zero-order valence-electron chi connectivity index (χ0n) is 21.1. The minimum atomic E-state index is -0.221. The second-order valence-electron chi connectivity index (χ2n) is 10.8. The lowest BCUT2D eigenvalue weighted by Crippen LogP contribution is -2.31. The molecule has 0 unspecified atom stereocenters. The quantitative estimate of drug-likeness (QED) is 0.192. The van der Waals surface area contributed by atoms with Crippen molar-refractivity contribution in [3.63, 3.8) is 0 Å². The van der Waals surface area contributed by atoms with E-state index in [0.29, 0.717) is 11.7 Å². The molecule has 0 aromatic heterocycles. The average Bonchev–Trinajstić information content (AvgIpc) is 2.85. The number of nitriles is 1. The summed E-state index contributed by atoms with van der Waals surface area (Å²) in [7, 11) is 0. The molecule has 3 heteroatoms. The SMILES string of the molecule is CCCCCCCC1(C#N)CCC(C(=O)Oc2ccc(C3CCC(CCC)CC3)cc2)CC1. The van der Waals surface area contributed by atoms with Crippen molar-refractivity contribution in [2.75, 3.05) is 0 Å². The van der Waals surface area contributed by atoms with Crippen molar-refractivity contribution in [3.05, 3.63) is 29.8 Å². The highest BCUT2D eigenvalue weighted by molar-refractivity contribution is 5.75. The average molecular weight is 452 g/mol. The molecule has 0 N–H and O–H groups in total. The van der Waals surface area contributed by atoms with Crippen LogP contribution in [0.4, 0.5) is 0 Å². The minimum absolute atomic E-state index is 0.0694. The van der Waals surface area contributed by atoms with Crippen molar-refractivity contribution >= 4 is 5.97 Å². The van der Waals surface area contributed by atoms with Crippen molar-refractivity contribution in [2.45, 2.75) is 122 Å². The molecular formula is C30H45NO2. The summed E-state index contributed by atoms with van der Waals surface area (Å²) in [4.78, 5) is 12.8. The zero-order valence-corrected chi connectivity index (χ0v) is 21.1. The third-order valence-electron chi connectivity index (χ3n) is 8.39. The van der Waals surface area contributed by atoms with Crippen molar-refractivity contribution in [2.24, 2.45) is 17.3 Å². The molecule has 33 heavy (non-hydrogen) atoms. The fraction of sp³-hybridized carbons (Fsp3) is 0.733. The van der Waals surface area contributed by atoms with Gasteiger partial charge in [-0.15, -0.1) is 0 Å². The molecule has 2 saturated carbocycles. The van der Waals surface area contributed by atoms with Crippen LogP contribution in [0.5, 0.6) is 5.75 Å². The van der Waals surface area contributed by atoms with Gasteiger partial charge in [0.2, 0.25) is 0 Å². The van der Waals surface area contributed by atoms with Gasteiger partial charge in [-0.2, -0.15) is 5.26 Å². The Bertz CT molecular complexity index is 746. The largest absolute Gasteiger partial charge is 0.426 e. The fourth-order valence-electron chi connectivity index (χ4n) is 6.09. The van der Waals surface area contributed by atoms with Crippen LogP contribution in [-0.4, -0.2) is 5.97 Å². The predicted molar refractivity (Wildman–Crippen MR) is 135 cm³/mol. The van der Waals surface area contributed by atoms with Crippen molar-refractivity contribution in [1.82, 2.24) is 0 Å². The van der Waals surface area contributed by atoms with Gasteiger partial charge in [0.15, 0.2) is 0 Å². The summed E-state index contributed by atoms with van der Waals surface area (Å²) >= 11 is 0. The molecule has 0 amide bonds. The fourth-order valence-corrected chi connectivity index (χ4v) is 6.09. The van der Waals surface area contributed by atoms with Crippen LogP contribution in [0.25, 0.3) is 0 Å². The zero-order chi connectivity index (χ0) is 23.5. The monoisotopic (exact) mass is 451 g/mol. The molecule has 0 aliphatic heterocycles. The van der Waals surface area contributed by atoms with E-state index < -0.39 is 0 Å². The van der Waals surface area contributed by atoms with E-state index >= 15 is 0 Å². The van der Waals surface area contributed by atoms with Gasteiger partial charge in [-0.25, -0.2) is 0 Å². The number of hydrogen-bond donors (Lipinski definition) is 0. The Morgan fingerprint density at radius 2 is 1.61 bits per heavy atom. The molecule has 3 rings (SSSR count). The Hall–Kier alpha value is -1.82. The summed E-state index contributed by atoms with van der Waals surface area (Å²) < 4.78 is 5.75. The van der Waals surface area contributed by atoms with E-state index in [9.17, 15) is 10.1 Å². The van der Waals surface area contributed by atoms with E-state index in [1.807, 2.05) is 12.1 Å². The number of rotatable bonds is 11. The molecule has 182 valence electrons. The first kappa shape index (κ1) is 25.8. The third-order valence-corrected chi connectivity index (χ3v) is 8.39. The number of benzene rings is 1. The van der Waals surface area contributed by atoms with Crippen molar-refractivity contribution in [1.29, 1.82) is 5.26 Å². The molecule has 0 spiro atoms. The Morgan fingerprint density at radius 3 is 2.21 bits per heavy atom. The number of esters is 1. The van der Waals surface area contributed by atoms with Crippen LogP contribution in [0.1, 0.15) is 128 Å². The van der Waals surface area contributed by atoms with E-state index in [4.69, 9.17) is 4.74 Å². The third kappa shape index (κ3) is 7.59. The molecule has 3 nitrogen and oxygen atoms in total. The summed E-state index contributed by atoms with van der Waals surface area (Å²) in [6, 6.07) is 10.9. The first-order chi connectivity index (χ1) is 16.1. The Morgan fingerprint density at radius 1 is 0.939 bits per heavy atom. The highest BCUT2D eigenvalue weighted by atomic mass is 16.5. The number of carbonyl (C=O) groups excluding carboxylic acids is 1. The maximum absolute atomic E-state index is 12.8. The molecule has 0 saturated heterocycles. The first-order valence-corrected chi connectivity index (χ1v) is 13.8. The van der Waals surface area contributed by atoms with Gasteiger partial charge >= 0.3 is 5.97 Å². The van der Waals surface area contributed by atoms with Gasteiger partial charge in [-0.05, 0) is 87.3 Å². The highest BCUT2D eigenvalue weighted by Gasteiger charge is 2.38. The van der Waals surface area contributed by atoms with E-state index in [1.54, 1.807) is 0 Å². The van der Waals surface area contributed by atoms with Crippen LogP contribution in [-0.2, 0) is 4.79 Å². The molecule has 2 fully saturated rings. The van der Waals surface area contributed by atoms with Crippen LogP contribution >= 0.6 is 0 Å².